The Balaban J connectivity index is 1.43. The van der Waals surface area contributed by atoms with Gasteiger partial charge in [0.25, 0.3) is 0 Å². The van der Waals surface area contributed by atoms with E-state index in [0.29, 0.717) is 17.3 Å². The first-order valence-corrected chi connectivity index (χ1v) is 12.2. The number of aromatic nitrogens is 2. The topological polar surface area (TPSA) is 105 Å². The van der Waals surface area contributed by atoms with E-state index in [9.17, 15) is 19.5 Å². The lowest BCUT2D eigenvalue weighted by atomic mass is 10.0. The summed E-state index contributed by atoms with van der Waals surface area (Å²) in [5.74, 6) is 7.83. The molecule has 2 aromatic carbocycles. The second-order valence-electron chi connectivity index (χ2n) is 7.93. The Morgan fingerprint density at radius 2 is 1.82 bits per heavy atom. The van der Waals surface area contributed by atoms with Crippen molar-refractivity contribution in [2.75, 3.05) is 18.1 Å². The number of rotatable bonds is 6. The highest BCUT2D eigenvalue weighted by atomic mass is 32.2. The second kappa shape index (κ2) is 10.3. The maximum atomic E-state index is 11.6. The fourth-order valence-corrected chi connectivity index (χ4v) is 5.09. The molecule has 3 aromatic rings. The number of aliphatic hydroxyl groups is 3. The summed E-state index contributed by atoms with van der Waals surface area (Å²) in [6.45, 7) is 1.43. The zero-order chi connectivity index (χ0) is 23.4. The third kappa shape index (κ3) is 5.52. The molecular formula is C25H26N2O5S. The zero-order valence-electron chi connectivity index (χ0n) is 18.2. The number of imidazole rings is 1. The van der Waals surface area contributed by atoms with Crippen LogP contribution < -0.4 is 4.74 Å². The van der Waals surface area contributed by atoms with Crippen molar-refractivity contribution in [3.63, 3.8) is 0 Å². The summed E-state index contributed by atoms with van der Waals surface area (Å²) in [6.07, 6.45) is 1.39. The van der Waals surface area contributed by atoms with Crippen LogP contribution in [-0.2, 0) is 10.8 Å². The van der Waals surface area contributed by atoms with Crippen LogP contribution in [0.15, 0.2) is 60.9 Å². The average Bonchev–Trinajstić information content (AvgIpc) is 3.42. The van der Waals surface area contributed by atoms with Crippen molar-refractivity contribution in [3.05, 3.63) is 72.3 Å². The Bertz CT molecular complexity index is 1160. The van der Waals surface area contributed by atoms with Crippen LogP contribution in [0.5, 0.6) is 5.75 Å². The van der Waals surface area contributed by atoms with Crippen molar-refractivity contribution in [3.8, 4) is 28.7 Å². The lowest BCUT2D eigenvalue weighted by molar-refractivity contribution is 0.0738. The number of hydrogen-bond donors (Lipinski definition) is 3. The predicted molar refractivity (Wildman–Crippen MR) is 126 cm³/mol. The molecule has 4 rings (SSSR count). The normalized spacial score (nSPS) is 21.8. The molecule has 1 aliphatic rings. The van der Waals surface area contributed by atoms with E-state index in [0.717, 1.165) is 16.7 Å². The molecule has 0 radical (unpaired) electrons. The first-order chi connectivity index (χ1) is 15.9. The Morgan fingerprint density at radius 3 is 2.39 bits per heavy atom. The van der Waals surface area contributed by atoms with Gasteiger partial charge >= 0.3 is 0 Å². The molecule has 1 fully saturated rings. The van der Waals surface area contributed by atoms with Crippen molar-refractivity contribution in [1.82, 2.24) is 9.55 Å². The third-order valence-corrected chi connectivity index (χ3v) is 6.87. The molecule has 33 heavy (non-hydrogen) atoms. The maximum absolute atomic E-state index is 11.6. The van der Waals surface area contributed by atoms with Crippen molar-refractivity contribution in [1.29, 1.82) is 0 Å². The van der Waals surface area contributed by atoms with E-state index in [1.165, 1.54) is 0 Å². The van der Waals surface area contributed by atoms with Crippen LogP contribution in [0.4, 0.5) is 0 Å². The minimum absolute atomic E-state index is 0.191. The van der Waals surface area contributed by atoms with Gasteiger partial charge in [-0.1, -0.05) is 36.1 Å². The lowest BCUT2D eigenvalue weighted by Gasteiger charge is -2.16. The highest BCUT2D eigenvalue weighted by molar-refractivity contribution is 7.85. The summed E-state index contributed by atoms with van der Waals surface area (Å²) in [6, 6.07) is 14.8. The standard InChI is InChI=1S/C25H26N2O5S/c1-17(29)25-26-12-13-27(25)21(14-28)9-4-18-2-5-19(6-3-18)20-7-10-22(11-8-20)32-24-16-33(31)15-23(24)30/h2-3,5-8,10-13,17,21,23-24,28-30H,14-16H2,1H3/t17-,21-,23+,24+,33?/m0/s1. The Labute approximate surface area is 195 Å². The van der Waals surface area contributed by atoms with E-state index in [1.807, 2.05) is 48.5 Å². The van der Waals surface area contributed by atoms with Gasteiger partial charge in [0.15, 0.2) is 0 Å². The molecule has 1 aliphatic heterocycles. The van der Waals surface area contributed by atoms with Crippen LogP contribution in [0.25, 0.3) is 11.1 Å². The van der Waals surface area contributed by atoms with Gasteiger partial charge in [0.05, 0.1) is 18.1 Å². The van der Waals surface area contributed by atoms with Crippen LogP contribution in [-0.4, -0.2) is 59.4 Å². The van der Waals surface area contributed by atoms with Crippen LogP contribution in [0.3, 0.4) is 0 Å². The van der Waals surface area contributed by atoms with Crippen LogP contribution in [0.2, 0.25) is 0 Å². The molecule has 2 heterocycles. The molecule has 7 nitrogen and oxygen atoms in total. The van der Waals surface area contributed by atoms with Crippen molar-refractivity contribution in [2.24, 2.45) is 0 Å². The number of benzene rings is 2. The second-order valence-corrected chi connectivity index (χ2v) is 9.48. The van der Waals surface area contributed by atoms with Gasteiger partial charge in [-0.2, -0.15) is 0 Å². The summed E-state index contributed by atoms with van der Waals surface area (Å²) in [4.78, 5) is 4.13. The van der Waals surface area contributed by atoms with Gasteiger partial charge in [0.2, 0.25) is 0 Å². The fourth-order valence-electron chi connectivity index (χ4n) is 3.70. The van der Waals surface area contributed by atoms with Crippen molar-refractivity contribution >= 4 is 10.8 Å². The van der Waals surface area contributed by atoms with Gasteiger partial charge < -0.3 is 24.6 Å². The SMILES string of the molecule is C[C@H](O)c1nccn1[C@@H](C#Cc1ccc(-c2ccc(O[C@@H]3CS(=O)C[C@H]3O)cc2)cc1)CO. The van der Waals surface area contributed by atoms with E-state index >= 15 is 0 Å². The van der Waals surface area contributed by atoms with Gasteiger partial charge in [0, 0.05) is 28.8 Å². The summed E-state index contributed by atoms with van der Waals surface area (Å²) < 4.78 is 19.0. The maximum Gasteiger partial charge on any atom is 0.138 e. The minimum Gasteiger partial charge on any atom is -0.487 e. The molecule has 172 valence electrons. The first kappa shape index (κ1) is 23.2. The number of ether oxygens (including phenoxy) is 1. The van der Waals surface area contributed by atoms with E-state index in [2.05, 4.69) is 16.8 Å². The fraction of sp³-hybridized carbons (Fsp3) is 0.320. The zero-order valence-corrected chi connectivity index (χ0v) is 19.0. The van der Waals surface area contributed by atoms with Crippen molar-refractivity contribution in [2.45, 2.75) is 31.3 Å². The third-order valence-electron chi connectivity index (χ3n) is 5.46. The molecular weight excluding hydrogens is 440 g/mol. The molecule has 1 saturated heterocycles. The molecule has 0 aliphatic carbocycles. The van der Waals surface area contributed by atoms with E-state index in [1.54, 1.807) is 23.9 Å². The molecule has 8 heteroatoms. The number of hydrogen-bond acceptors (Lipinski definition) is 6. The molecule has 0 spiro atoms. The van der Waals surface area contributed by atoms with Crippen LogP contribution in [0, 0.1) is 11.8 Å². The Morgan fingerprint density at radius 1 is 1.15 bits per heavy atom. The molecule has 0 amide bonds. The smallest absolute Gasteiger partial charge is 0.138 e. The minimum atomic E-state index is -1.03. The van der Waals surface area contributed by atoms with Gasteiger partial charge in [0.1, 0.15) is 35.9 Å². The van der Waals surface area contributed by atoms with E-state index < -0.39 is 35.2 Å². The lowest BCUT2D eigenvalue weighted by Crippen LogP contribution is -2.29. The summed E-state index contributed by atoms with van der Waals surface area (Å²) in [5, 5.41) is 29.5. The quantitative estimate of drug-likeness (QED) is 0.481. The largest absolute Gasteiger partial charge is 0.487 e. The molecule has 1 aromatic heterocycles. The molecule has 1 unspecified atom stereocenters. The Kier molecular flexibility index (Phi) is 7.26. The van der Waals surface area contributed by atoms with E-state index in [-0.39, 0.29) is 12.4 Å². The van der Waals surface area contributed by atoms with Crippen LogP contribution >= 0.6 is 0 Å². The molecule has 5 atom stereocenters. The Hall–Kier alpha value is -2.96. The summed E-state index contributed by atoms with van der Waals surface area (Å²) >= 11 is 0. The van der Waals surface area contributed by atoms with E-state index in [4.69, 9.17) is 4.74 Å². The highest BCUT2D eigenvalue weighted by Gasteiger charge is 2.32. The monoisotopic (exact) mass is 466 g/mol. The summed E-state index contributed by atoms with van der Waals surface area (Å²) in [7, 11) is -1.03. The number of nitrogens with zero attached hydrogens (tertiary/aromatic N) is 2. The van der Waals surface area contributed by atoms with Gasteiger partial charge in [-0.25, -0.2) is 4.98 Å². The van der Waals surface area contributed by atoms with Gasteiger partial charge in [-0.3, -0.25) is 4.21 Å². The predicted octanol–water partition coefficient (Wildman–Crippen LogP) is 2.06. The molecule has 3 N–H and O–H groups in total. The first-order valence-electron chi connectivity index (χ1n) is 10.7. The van der Waals surface area contributed by atoms with Crippen molar-refractivity contribution < 1.29 is 24.3 Å². The highest BCUT2D eigenvalue weighted by Crippen LogP contribution is 2.25. The summed E-state index contributed by atoms with van der Waals surface area (Å²) in [5.41, 5.74) is 2.82. The number of aliphatic hydroxyl groups excluding tert-OH is 3. The average molecular weight is 467 g/mol. The van der Waals surface area contributed by atoms with Gasteiger partial charge in [-0.15, -0.1) is 0 Å². The molecule has 0 saturated carbocycles. The molecule has 0 bridgehead atoms. The van der Waals surface area contributed by atoms with Crippen LogP contribution in [0.1, 0.15) is 30.5 Å². The van der Waals surface area contributed by atoms with Gasteiger partial charge in [-0.05, 0) is 42.3 Å².